The van der Waals surface area contributed by atoms with Gasteiger partial charge in [0.2, 0.25) is 0 Å². The van der Waals surface area contributed by atoms with E-state index in [1.165, 1.54) is 0 Å². The summed E-state index contributed by atoms with van der Waals surface area (Å²) in [5.74, 6) is 1.98. The molecule has 2 atom stereocenters. The lowest BCUT2D eigenvalue weighted by Crippen LogP contribution is -2.54. The third-order valence-corrected chi connectivity index (χ3v) is 4.01. The van der Waals surface area contributed by atoms with Crippen LogP contribution in [0.3, 0.4) is 0 Å². The third-order valence-electron chi connectivity index (χ3n) is 4.01. The van der Waals surface area contributed by atoms with E-state index in [4.69, 9.17) is 9.84 Å². The summed E-state index contributed by atoms with van der Waals surface area (Å²) in [6, 6.07) is 0.642. The summed E-state index contributed by atoms with van der Waals surface area (Å²) < 4.78 is 5.63. The van der Waals surface area contributed by atoms with Crippen LogP contribution in [0, 0.1) is 17.8 Å². The van der Waals surface area contributed by atoms with Crippen molar-refractivity contribution in [1.29, 1.82) is 0 Å². The molecule has 0 aromatic rings. The van der Waals surface area contributed by atoms with Crippen LogP contribution >= 0.6 is 0 Å². The summed E-state index contributed by atoms with van der Waals surface area (Å²) >= 11 is 0. The first-order valence-electron chi connectivity index (χ1n) is 6.15. The second-order valence-corrected chi connectivity index (χ2v) is 5.28. The van der Waals surface area contributed by atoms with E-state index < -0.39 is 0 Å². The molecule has 0 aliphatic carbocycles. The number of rotatable bonds is 3. The lowest BCUT2D eigenvalue weighted by atomic mass is 9.74. The number of hydrogen-bond acceptors (Lipinski definition) is 3. The van der Waals surface area contributed by atoms with Crippen molar-refractivity contribution < 1.29 is 9.84 Å². The predicted molar refractivity (Wildman–Crippen MR) is 59.7 cm³/mol. The zero-order chi connectivity index (χ0) is 10.8. The monoisotopic (exact) mass is 213 g/mol. The van der Waals surface area contributed by atoms with Gasteiger partial charge in [-0.05, 0) is 38.0 Å². The Morgan fingerprint density at radius 3 is 2.33 bits per heavy atom. The maximum Gasteiger partial charge on any atom is 0.0509 e. The van der Waals surface area contributed by atoms with Crippen molar-refractivity contribution in [3.05, 3.63) is 0 Å². The predicted octanol–water partition coefficient (Wildman–Crippen LogP) is 0.972. The summed E-state index contributed by atoms with van der Waals surface area (Å²) in [5, 5.41) is 9.09. The molecule has 2 bridgehead atoms. The Kier molecular flexibility index (Phi) is 3.65. The highest BCUT2D eigenvalue weighted by atomic mass is 16.5. The van der Waals surface area contributed by atoms with Crippen molar-refractivity contribution in [3.8, 4) is 0 Å². The van der Waals surface area contributed by atoms with E-state index in [1.807, 2.05) is 0 Å². The second kappa shape index (κ2) is 4.81. The number of aliphatic hydroxyl groups excluding tert-OH is 1. The molecule has 2 saturated heterocycles. The van der Waals surface area contributed by atoms with Gasteiger partial charge in [0.1, 0.15) is 0 Å². The van der Waals surface area contributed by atoms with Gasteiger partial charge < -0.3 is 14.7 Å². The van der Waals surface area contributed by atoms with Crippen LogP contribution in [0.1, 0.15) is 20.3 Å². The fourth-order valence-electron chi connectivity index (χ4n) is 3.10. The molecule has 0 aromatic carbocycles. The van der Waals surface area contributed by atoms with Gasteiger partial charge in [0.15, 0.2) is 0 Å². The highest BCUT2D eigenvalue weighted by Gasteiger charge is 2.40. The summed E-state index contributed by atoms with van der Waals surface area (Å²) in [5.41, 5.74) is 0. The molecule has 0 radical (unpaired) electrons. The maximum absolute atomic E-state index is 9.09. The Morgan fingerprint density at radius 1 is 1.27 bits per heavy atom. The summed E-state index contributed by atoms with van der Waals surface area (Å²) in [4.78, 5) is 2.56. The molecule has 2 aliphatic heterocycles. The van der Waals surface area contributed by atoms with Crippen molar-refractivity contribution in [2.24, 2.45) is 17.8 Å². The first-order chi connectivity index (χ1) is 7.22. The van der Waals surface area contributed by atoms with E-state index in [0.29, 0.717) is 30.4 Å². The molecule has 2 fully saturated rings. The van der Waals surface area contributed by atoms with Crippen molar-refractivity contribution in [2.45, 2.75) is 26.3 Å². The molecule has 2 heterocycles. The van der Waals surface area contributed by atoms with Gasteiger partial charge in [0, 0.05) is 25.7 Å². The van der Waals surface area contributed by atoms with Gasteiger partial charge in [-0.15, -0.1) is 0 Å². The summed E-state index contributed by atoms with van der Waals surface area (Å²) in [6.07, 6.45) is 0.963. The molecule has 2 aliphatic rings. The van der Waals surface area contributed by atoms with Gasteiger partial charge in [-0.1, -0.05) is 0 Å². The summed E-state index contributed by atoms with van der Waals surface area (Å²) in [6.45, 7) is 8.96. The number of piperidine rings is 1. The van der Waals surface area contributed by atoms with Crippen molar-refractivity contribution >= 4 is 0 Å². The third kappa shape index (κ3) is 2.35. The van der Waals surface area contributed by atoms with Gasteiger partial charge >= 0.3 is 0 Å². The number of fused-ring (bicyclic) bond motifs is 2. The number of ether oxygens (including phenoxy) is 1. The molecule has 88 valence electrons. The minimum Gasteiger partial charge on any atom is -0.396 e. The smallest absolute Gasteiger partial charge is 0.0509 e. The molecule has 2 unspecified atom stereocenters. The first-order valence-corrected chi connectivity index (χ1v) is 6.15. The Bertz CT molecular complexity index is 194. The van der Waals surface area contributed by atoms with Gasteiger partial charge in [-0.2, -0.15) is 0 Å². The largest absolute Gasteiger partial charge is 0.396 e. The fourth-order valence-corrected chi connectivity index (χ4v) is 3.10. The zero-order valence-electron chi connectivity index (χ0n) is 9.85. The lowest BCUT2D eigenvalue weighted by molar-refractivity contribution is -0.0945. The molecule has 0 spiro atoms. The highest BCUT2D eigenvalue weighted by molar-refractivity contribution is 4.90. The summed E-state index contributed by atoms with van der Waals surface area (Å²) in [7, 11) is 0. The number of likely N-dealkylation sites (tertiary alicyclic amines) is 1. The average Bonchev–Trinajstić information content (AvgIpc) is 2.17. The van der Waals surface area contributed by atoms with Crippen LogP contribution in [-0.4, -0.2) is 49.0 Å². The van der Waals surface area contributed by atoms with Gasteiger partial charge in [-0.25, -0.2) is 0 Å². The van der Waals surface area contributed by atoms with Gasteiger partial charge in [0.05, 0.1) is 13.2 Å². The maximum atomic E-state index is 9.09. The average molecular weight is 213 g/mol. The van der Waals surface area contributed by atoms with Crippen molar-refractivity contribution in [1.82, 2.24) is 4.90 Å². The molecule has 1 N–H and O–H groups in total. The molecule has 3 nitrogen and oxygen atoms in total. The van der Waals surface area contributed by atoms with Crippen LogP contribution in [0.15, 0.2) is 0 Å². The van der Waals surface area contributed by atoms with Crippen LogP contribution in [0.25, 0.3) is 0 Å². The standard InChI is InChI=1S/C12H23NO2/c1-9(2)13-5-10-7-15-8-11(6-13)12(10)3-4-14/h9-12,14H,3-8H2,1-2H3. The first kappa shape index (κ1) is 11.4. The SMILES string of the molecule is CC(C)N1CC2COCC(C1)C2CCO. The van der Waals surface area contributed by atoms with Crippen LogP contribution < -0.4 is 0 Å². The van der Waals surface area contributed by atoms with E-state index in [1.54, 1.807) is 0 Å². The molecular formula is C12H23NO2. The molecule has 0 aromatic heterocycles. The Labute approximate surface area is 92.4 Å². The molecule has 0 saturated carbocycles. The second-order valence-electron chi connectivity index (χ2n) is 5.28. The molecule has 0 amide bonds. The Morgan fingerprint density at radius 2 is 1.87 bits per heavy atom. The van der Waals surface area contributed by atoms with Crippen LogP contribution in [-0.2, 0) is 4.74 Å². The van der Waals surface area contributed by atoms with Gasteiger partial charge in [-0.3, -0.25) is 0 Å². The fraction of sp³-hybridized carbons (Fsp3) is 1.00. The topological polar surface area (TPSA) is 32.7 Å². The molecule has 15 heavy (non-hydrogen) atoms. The number of aliphatic hydroxyl groups is 1. The minimum atomic E-state index is 0.333. The van der Waals surface area contributed by atoms with Gasteiger partial charge in [0.25, 0.3) is 0 Å². The normalized spacial score (nSPS) is 37.2. The lowest BCUT2D eigenvalue weighted by Gasteiger charge is -2.48. The molecular weight excluding hydrogens is 190 g/mol. The number of hydrogen-bond donors (Lipinski definition) is 1. The molecule has 2 rings (SSSR count). The number of nitrogens with zero attached hydrogens (tertiary/aromatic N) is 1. The van der Waals surface area contributed by atoms with Crippen molar-refractivity contribution in [2.75, 3.05) is 32.9 Å². The Hall–Kier alpha value is -0.120. The zero-order valence-corrected chi connectivity index (χ0v) is 9.85. The van der Waals surface area contributed by atoms with E-state index in [2.05, 4.69) is 18.7 Å². The molecule has 3 heteroatoms. The minimum absolute atomic E-state index is 0.333. The van der Waals surface area contributed by atoms with E-state index in [-0.39, 0.29) is 0 Å². The quantitative estimate of drug-likeness (QED) is 0.758. The van der Waals surface area contributed by atoms with Crippen LogP contribution in [0.2, 0.25) is 0 Å². The van der Waals surface area contributed by atoms with Crippen molar-refractivity contribution in [3.63, 3.8) is 0 Å². The highest BCUT2D eigenvalue weighted by Crippen LogP contribution is 2.35. The van der Waals surface area contributed by atoms with E-state index in [0.717, 1.165) is 32.7 Å². The van der Waals surface area contributed by atoms with Crippen LogP contribution in [0.5, 0.6) is 0 Å². The van der Waals surface area contributed by atoms with Crippen LogP contribution in [0.4, 0.5) is 0 Å². The Balaban J connectivity index is 2.01. The van der Waals surface area contributed by atoms with E-state index in [9.17, 15) is 0 Å². The van der Waals surface area contributed by atoms with E-state index >= 15 is 0 Å².